The minimum Gasteiger partial charge on any atom is -0.544 e. The van der Waals surface area contributed by atoms with Crippen molar-refractivity contribution in [1.29, 1.82) is 0 Å². The number of carboxylic acid groups (broad SMARTS) is 1. The summed E-state index contributed by atoms with van der Waals surface area (Å²) < 4.78 is 17.2. The van der Waals surface area contributed by atoms with Gasteiger partial charge in [0.15, 0.2) is 6.10 Å². The molecule has 0 rings (SSSR count). The third-order valence-corrected chi connectivity index (χ3v) is 11.4. The first-order chi connectivity index (χ1) is 30.6. The average Bonchev–Trinajstić information content (AvgIpc) is 3.24. The molecule has 0 bridgehead atoms. The molecule has 0 saturated heterocycles. The van der Waals surface area contributed by atoms with Crippen LogP contribution in [0.5, 0.6) is 0 Å². The fourth-order valence-corrected chi connectivity index (χ4v) is 7.43. The van der Waals surface area contributed by atoms with Gasteiger partial charge < -0.3 is 28.6 Å². The summed E-state index contributed by atoms with van der Waals surface area (Å²) in [5.74, 6) is -1.77. The number of unbranched alkanes of at least 4 members (excludes halogenated alkanes) is 23. The van der Waals surface area contributed by atoms with Crippen molar-refractivity contribution in [3.05, 3.63) is 60.8 Å². The minimum absolute atomic E-state index is 0.0292. The van der Waals surface area contributed by atoms with Gasteiger partial charge >= 0.3 is 11.9 Å². The molecule has 8 heteroatoms. The van der Waals surface area contributed by atoms with Crippen molar-refractivity contribution >= 4 is 17.9 Å². The van der Waals surface area contributed by atoms with Gasteiger partial charge in [0, 0.05) is 19.3 Å². The maximum atomic E-state index is 12.8. The zero-order valence-corrected chi connectivity index (χ0v) is 41.5. The molecule has 0 radical (unpaired) electrons. The van der Waals surface area contributed by atoms with Gasteiger partial charge in [0.25, 0.3) is 0 Å². The fourth-order valence-electron chi connectivity index (χ4n) is 7.43. The van der Waals surface area contributed by atoms with Crippen LogP contribution in [0, 0.1) is 0 Å². The minimum atomic E-state index is -1.13. The third-order valence-electron chi connectivity index (χ3n) is 11.4. The van der Waals surface area contributed by atoms with Crippen molar-refractivity contribution < 1.29 is 38.2 Å². The molecule has 8 nitrogen and oxygen atoms in total. The summed E-state index contributed by atoms with van der Waals surface area (Å²) in [6.07, 6.45) is 56.8. The van der Waals surface area contributed by atoms with Crippen LogP contribution in [0.3, 0.4) is 0 Å². The first kappa shape index (κ1) is 60.0. The second-order valence-electron chi connectivity index (χ2n) is 18.4. The number of rotatable bonds is 46. The number of esters is 2. The maximum absolute atomic E-state index is 12.8. The molecule has 0 N–H and O–H groups in total. The van der Waals surface area contributed by atoms with Crippen molar-refractivity contribution in [1.82, 2.24) is 0 Å². The summed E-state index contributed by atoms with van der Waals surface area (Å²) in [5.41, 5.74) is 0. The SMILES string of the molecule is CC/C=C/C/C=C/C/C=C/CCCCCCCCCCCCCCCC(=O)OCC(COCCC(C(=O)[O-])[N+](C)(C)C)OC(=O)CCCCC/C=C/C=C/CCCCCCCCC. The van der Waals surface area contributed by atoms with Crippen LogP contribution in [-0.2, 0) is 28.6 Å². The van der Waals surface area contributed by atoms with E-state index in [-0.39, 0.29) is 49.1 Å². The van der Waals surface area contributed by atoms with Gasteiger partial charge in [-0.2, -0.15) is 0 Å². The largest absolute Gasteiger partial charge is 0.544 e. The Morgan fingerprint density at radius 2 is 0.937 bits per heavy atom. The Labute approximate surface area is 388 Å². The topological polar surface area (TPSA) is 102 Å². The van der Waals surface area contributed by atoms with Crippen molar-refractivity contribution in [3.8, 4) is 0 Å². The molecule has 63 heavy (non-hydrogen) atoms. The van der Waals surface area contributed by atoms with E-state index in [0.29, 0.717) is 6.42 Å². The Hall–Kier alpha value is -2.97. The van der Waals surface area contributed by atoms with E-state index in [4.69, 9.17) is 14.2 Å². The van der Waals surface area contributed by atoms with Crippen LogP contribution in [0.2, 0.25) is 0 Å². The molecule has 364 valence electrons. The Morgan fingerprint density at radius 3 is 1.43 bits per heavy atom. The quantitative estimate of drug-likeness (QED) is 0.0197. The van der Waals surface area contributed by atoms with E-state index in [1.165, 1.54) is 116 Å². The second kappa shape index (κ2) is 45.6. The molecule has 0 aromatic carbocycles. The van der Waals surface area contributed by atoms with Gasteiger partial charge in [0.2, 0.25) is 0 Å². The molecule has 0 aromatic heterocycles. The number of quaternary nitrogens is 1. The Bertz CT molecular complexity index is 1210. The number of nitrogens with zero attached hydrogens (tertiary/aromatic N) is 1. The molecule has 0 spiro atoms. The van der Waals surface area contributed by atoms with Gasteiger partial charge in [-0.25, -0.2) is 0 Å². The molecular formula is C55H97NO7. The molecule has 0 heterocycles. The van der Waals surface area contributed by atoms with Crippen LogP contribution in [0.15, 0.2) is 60.8 Å². The predicted molar refractivity (Wildman–Crippen MR) is 263 cm³/mol. The van der Waals surface area contributed by atoms with E-state index in [0.717, 1.165) is 70.6 Å². The zero-order chi connectivity index (χ0) is 46.3. The van der Waals surface area contributed by atoms with Crippen molar-refractivity contribution in [2.45, 2.75) is 231 Å². The highest BCUT2D eigenvalue weighted by Crippen LogP contribution is 2.15. The van der Waals surface area contributed by atoms with Crippen molar-refractivity contribution in [2.24, 2.45) is 0 Å². The fraction of sp³-hybridized carbons (Fsp3) is 0.764. The number of hydrogen-bond donors (Lipinski definition) is 0. The first-order valence-electron chi connectivity index (χ1n) is 25.8. The molecule has 0 aromatic rings. The van der Waals surface area contributed by atoms with Crippen LogP contribution >= 0.6 is 0 Å². The number of aliphatic carboxylic acids is 1. The molecular weight excluding hydrogens is 787 g/mol. The van der Waals surface area contributed by atoms with Crippen LogP contribution in [0.4, 0.5) is 0 Å². The number of carbonyl (C=O) groups is 3. The number of hydrogen-bond acceptors (Lipinski definition) is 7. The van der Waals surface area contributed by atoms with Crippen molar-refractivity contribution in [2.75, 3.05) is 41.0 Å². The Morgan fingerprint density at radius 1 is 0.508 bits per heavy atom. The number of likely N-dealkylation sites (N-methyl/N-ethyl adjacent to an activating group) is 1. The lowest BCUT2D eigenvalue weighted by Gasteiger charge is -2.34. The van der Waals surface area contributed by atoms with E-state index >= 15 is 0 Å². The molecule has 0 aliphatic rings. The van der Waals surface area contributed by atoms with Crippen LogP contribution < -0.4 is 5.11 Å². The normalized spacial score (nSPS) is 13.3. The van der Waals surface area contributed by atoms with Crippen LogP contribution in [-0.4, -0.2) is 75.5 Å². The third kappa shape index (κ3) is 44.0. The van der Waals surface area contributed by atoms with Gasteiger partial charge in [0.1, 0.15) is 12.6 Å². The second-order valence-corrected chi connectivity index (χ2v) is 18.4. The lowest BCUT2D eigenvalue weighted by atomic mass is 10.0. The van der Waals surface area contributed by atoms with Gasteiger partial charge in [-0.3, -0.25) is 9.59 Å². The van der Waals surface area contributed by atoms with Crippen LogP contribution in [0.25, 0.3) is 0 Å². The summed E-state index contributed by atoms with van der Waals surface area (Å²) in [4.78, 5) is 37.0. The Kier molecular flexibility index (Phi) is 43.4. The summed E-state index contributed by atoms with van der Waals surface area (Å²) >= 11 is 0. The van der Waals surface area contributed by atoms with Gasteiger partial charge in [-0.15, -0.1) is 0 Å². The predicted octanol–water partition coefficient (Wildman–Crippen LogP) is 13.6. The molecule has 0 saturated carbocycles. The average molecular weight is 884 g/mol. The zero-order valence-electron chi connectivity index (χ0n) is 41.5. The number of ether oxygens (including phenoxy) is 3. The van der Waals surface area contributed by atoms with E-state index < -0.39 is 18.1 Å². The standard InChI is InChI=1S/C55H97NO7/c1-6-8-10-12-14-16-18-20-22-24-25-26-27-28-29-30-32-33-35-37-39-41-43-45-53(57)62-50-51(49-61-48-47-52(55(59)60)56(3,4)5)63-54(58)46-44-42-40-38-36-34-31-23-21-19-17-15-13-11-9-7-2/h8,10,14,16,20,22-23,31,34,36,51-52H,6-7,9,11-13,15,17-19,21,24-30,32-33,35,37-50H2,1-5H3/b10-8+,16-14+,22-20+,31-23+,36-34+. The van der Waals surface area contributed by atoms with Crippen LogP contribution in [0.1, 0.15) is 219 Å². The molecule has 0 aliphatic heterocycles. The molecule has 2 atom stereocenters. The van der Waals surface area contributed by atoms with E-state index in [2.05, 4.69) is 74.6 Å². The molecule has 0 aliphatic carbocycles. The highest BCUT2D eigenvalue weighted by Gasteiger charge is 2.25. The monoisotopic (exact) mass is 884 g/mol. The molecule has 0 amide bonds. The molecule has 2 unspecified atom stereocenters. The van der Waals surface area contributed by atoms with Crippen molar-refractivity contribution in [3.63, 3.8) is 0 Å². The smallest absolute Gasteiger partial charge is 0.306 e. The van der Waals surface area contributed by atoms with E-state index in [1.807, 2.05) is 0 Å². The first-order valence-corrected chi connectivity index (χ1v) is 25.8. The lowest BCUT2D eigenvalue weighted by molar-refractivity contribution is -0.889. The lowest BCUT2D eigenvalue weighted by Crippen LogP contribution is -2.55. The Balaban J connectivity index is 4.23. The number of carboxylic acids is 1. The summed E-state index contributed by atoms with van der Waals surface area (Å²) in [5, 5.41) is 11.7. The van der Waals surface area contributed by atoms with Gasteiger partial charge in [-0.05, 0) is 70.6 Å². The maximum Gasteiger partial charge on any atom is 0.306 e. The summed E-state index contributed by atoms with van der Waals surface area (Å²) in [7, 11) is 5.41. The molecule has 0 fully saturated rings. The van der Waals surface area contributed by atoms with E-state index in [1.54, 1.807) is 21.1 Å². The summed E-state index contributed by atoms with van der Waals surface area (Å²) in [6, 6.07) is -0.732. The summed E-state index contributed by atoms with van der Waals surface area (Å²) in [6.45, 7) is 4.53. The number of carbonyl (C=O) groups excluding carboxylic acids is 3. The highest BCUT2D eigenvalue weighted by molar-refractivity contribution is 5.70. The van der Waals surface area contributed by atoms with E-state index in [9.17, 15) is 19.5 Å². The number of allylic oxidation sites excluding steroid dienone is 10. The van der Waals surface area contributed by atoms with Gasteiger partial charge in [0.05, 0.1) is 40.3 Å². The van der Waals surface area contributed by atoms with Gasteiger partial charge in [-0.1, -0.05) is 190 Å². The highest BCUT2D eigenvalue weighted by atomic mass is 16.6.